The Morgan fingerprint density at radius 1 is 1.60 bits per heavy atom. The molecule has 0 aromatic heterocycles. The summed E-state index contributed by atoms with van der Waals surface area (Å²) >= 11 is 1.20. The van der Waals surface area contributed by atoms with E-state index in [0.717, 1.165) is 0 Å². The minimum atomic E-state index is -3.96. The molecule has 0 rings (SSSR count). The second-order valence-electron chi connectivity index (χ2n) is 1.92. The van der Waals surface area contributed by atoms with Crippen LogP contribution in [-0.2, 0) is 10.1 Å². The van der Waals surface area contributed by atoms with Crippen molar-refractivity contribution in [1.29, 1.82) is 0 Å². The molecule has 0 bridgehead atoms. The minimum absolute atomic E-state index is 0.560. The highest BCUT2D eigenvalue weighted by molar-refractivity contribution is 8.00. The van der Waals surface area contributed by atoms with Crippen LogP contribution in [0.3, 0.4) is 0 Å². The van der Waals surface area contributed by atoms with Crippen molar-refractivity contribution < 1.29 is 13.0 Å². The molecule has 0 radical (unpaired) electrons. The Balaban J connectivity index is 4.23. The molecule has 10 heavy (non-hydrogen) atoms. The molecule has 62 valence electrons. The van der Waals surface area contributed by atoms with E-state index in [2.05, 4.69) is 0 Å². The van der Waals surface area contributed by atoms with E-state index < -0.39 is 20.7 Å². The highest BCUT2D eigenvalue weighted by atomic mass is 32.2. The zero-order valence-corrected chi connectivity index (χ0v) is 7.45. The lowest BCUT2D eigenvalue weighted by atomic mass is 10.5. The van der Waals surface area contributed by atoms with Crippen LogP contribution in [0, 0.1) is 0 Å². The highest BCUT2D eigenvalue weighted by Gasteiger charge is 2.23. The molecule has 0 saturated carbocycles. The Morgan fingerprint density at radius 3 is 2.10 bits per heavy atom. The Labute approximate surface area is 64.9 Å². The molecule has 4 nitrogen and oxygen atoms in total. The zero-order chi connectivity index (χ0) is 8.36. The zero-order valence-electron chi connectivity index (χ0n) is 5.81. The molecule has 0 heterocycles. The number of hydrogen-bond acceptors (Lipinski definition) is 4. The molecule has 0 fully saturated rings. The summed E-state index contributed by atoms with van der Waals surface area (Å²) in [4.78, 5) is 0. The average molecular weight is 185 g/mol. The number of rotatable bonds is 3. The van der Waals surface area contributed by atoms with Gasteiger partial charge in [-0.2, -0.15) is 8.42 Å². The summed E-state index contributed by atoms with van der Waals surface area (Å²) in [6.07, 6.45) is 1.69. The lowest BCUT2D eigenvalue weighted by Crippen LogP contribution is -2.35. The van der Waals surface area contributed by atoms with E-state index in [0.29, 0.717) is 0 Å². The molecular formula is C4H11NO3S2. The topological polar surface area (TPSA) is 80.4 Å². The number of nitrogens with two attached hydrogens (primary N) is 1. The first-order valence-corrected chi connectivity index (χ1v) is 5.43. The summed E-state index contributed by atoms with van der Waals surface area (Å²) in [6, 6.07) is 0. The van der Waals surface area contributed by atoms with Crippen LogP contribution in [-0.4, -0.2) is 29.9 Å². The van der Waals surface area contributed by atoms with E-state index in [4.69, 9.17) is 10.3 Å². The van der Waals surface area contributed by atoms with Crippen LogP contribution in [0.15, 0.2) is 0 Å². The molecule has 0 saturated heterocycles. The van der Waals surface area contributed by atoms with Crippen molar-refractivity contribution in [3.8, 4) is 0 Å². The van der Waals surface area contributed by atoms with Gasteiger partial charge >= 0.3 is 0 Å². The van der Waals surface area contributed by atoms with Crippen molar-refractivity contribution in [2.24, 2.45) is 5.73 Å². The minimum Gasteiger partial charge on any atom is -0.318 e. The Morgan fingerprint density at radius 2 is 2.00 bits per heavy atom. The quantitative estimate of drug-likeness (QED) is 0.474. The summed E-state index contributed by atoms with van der Waals surface area (Å²) in [5, 5.41) is -1.46. The van der Waals surface area contributed by atoms with Crippen LogP contribution in [0.5, 0.6) is 0 Å². The van der Waals surface area contributed by atoms with Crippen LogP contribution >= 0.6 is 11.8 Å². The molecule has 0 spiro atoms. The van der Waals surface area contributed by atoms with E-state index in [1.165, 1.54) is 18.7 Å². The number of thioether (sulfide) groups is 1. The summed E-state index contributed by atoms with van der Waals surface area (Å²) in [7, 11) is -3.96. The molecule has 0 aliphatic rings. The van der Waals surface area contributed by atoms with Crippen LogP contribution in [0.1, 0.15) is 6.92 Å². The maximum absolute atomic E-state index is 10.4. The third-order valence-electron chi connectivity index (χ3n) is 1.20. The first-order chi connectivity index (χ1) is 4.39. The second-order valence-corrected chi connectivity index (χ2v) is 4.71. The molecule has 0 amide bonds. The molecule has 2 atom stereocenters. The van der Waals surface area contributed by atoms with Gasteiger partial charge < -0.3 is 5.73 Å². The second kappa shape index (κ2) is 3.56. The van der Waals surface area contributed by atoms with Gasteiger partial charge in [-0.3, -0.25) is 4.55 Å². The predicted octanol–water partition coefficient (Wildman–Crippen LogP) is -0.0895. The van der Waals surface area contributed by atoms with Crippen LogP contribution in [0.2, 0.25) is 0 Å². The normalized spacial score (nSPS) is 18.4. The van der Waals surface area contributed by atoms with Crippen LogP contribution < -0.4 is 5.73 Å². The summed E-state index contributed by atoms with van der Waals surface area (Å²) < 4.78 is 29.3. The van der Waals surface area contributed by atoms with E-state index >= 15 is 0 Å². The van der Waals surface area contributed by atoms with Crippen molar-refractivity contribution >= 4 is 21.9 Å². The SMILES string of the molecule is CSC(N)C(C)S(=O)(=O)O. The van der Waals surface area contributed by atoms with E-state index in [9.17, 15) is 8.42 Å². The molecule has 0 aromatic carbocycles. The molecular weight excluding hydrogens is 174 g/mol. The van der Waals surface area contributed by atoms with Crippen molar-refractivity contribution in [2.75, 3.05) is 6.26 Å². The smallest absolute Gasteiger partial charge is 0.269 e. The summed E-state index contributed by atoms with van der Waals surface area (Å²) in [6.45, 7) is 1.37. The average Bonchev–Trinajstić information content (AvgIpc) is 1.83. The fourth-order valence-electron chi connectivity index (χ4n) is 0.361. The van der Waals surface area contributed by atoms with E-state index in [1.807, 2.05) is 0 Å². The van der Waals surface area contributed by atoms with Crippen molar-refractivity contribution in [3.05, 3.63) is 0 Å². The predicted molar refractivity (Wildman–Crippen MR) is 42.5 cm³/mol. The van der Waals surface area contributed by atoms with Gasteiger partial charge in [-0.15, -0.1) is 11.8 Å². The Hall–Kier alpha value is 0.220. The van der Waals surface area contributed by atoms with Gasteiger partial charge in [0.25, 0.3) is 10.1 Å². The third-order valence-corrected chi connectivity index (χ3v) is 3.56. The molecule has 0 aliphatic heterocycles. The van der Waals surface area contributed by atoms with Gasteiger partial charge in [0, 0.05) is 0 Å². The summed E-state index contributed by atoms with van der Waals surface area (Å²) in [5.41, 5.74) is 5.33. The van der Waals surface area contributed by atoms with Gasteiger partial charge in [0.2, 0.25) is 0 Å². The monoisotopic (exact) mass is 185 g/mol. The largest absolute Gasteiger partial charge is 0.318 e. The molecule has 3 N–H and O–H groups in total. The Bertz CT molecular complexity index is 189. The molecule has 0 aliphatic carbocycles. The summed E-state index contributed by atoms with van der Waals surface area (Å²) in [5.74, 6) is 0. The fourth-order valence-corrected chi connectivity index (χ4v) is 1.84. The molecule has 2 unspecified atom stereocenters. The lowest BCUT2D eigenvalue weighted by Gasteiger charge is -2.13. The first kappa shape index (κ1) is 10.2. The van der Waals surface area contributed by atoms with Gasteiger partial charge in [0.05, 0.1) is 5.37 Å². The van der Waals surface area contributed by atoms with Crippen LogP contribution in [0.25, 0.3) is 0 Å². The number of hydrogen-bond donors (Lipinski definition) is 2. The third kappa shape index (κ3) is 2.87. The fraction of sp³-hybridized carbons (Fsp3) is 1.00. The maximum atomic E-state index is 10.4. The standard InChI is InChI=1S/C4H11NO3S2/c1-3(4(5)9-2)10(6,7)8/h3-4H,5H2,1-2H3,(H,6,7,8). The molecule has 0 aromatic rings. The van der Waals surface area contributed by atoms with Gasteiger partial charge in [0.1, 0.15) is 5.25 Å². The van der Waals surface area contributed by atoms with E-state index in [-0.39, 0.29) is 0 Å². The van der Waals surface area contributed by atoms with Gasteiger partial charge in [-0.1, -0.05) is 0 Å². The highest BCUT2D eigenvalue weighted by Crippen LogP contribution is 2.10. The van der Waals surface area contributed by atoms with Crippen molar-refractivity contribution in [1.82, 2.24) is 0 Å². The van der Waals surface area contributed by atoms with Crippen molar-refractivity contribution in [2.45, 2.75) is 17.5 Å². The van der Waals surface area contributed by atoms with Crippen LogP contribution in [0.4, 0.5) is 0 Å². The van der Waals surface area contributed by atoms with Crippen molar-refractivity contribution in [3.63, 3.8) is 0 Å². The van der Waals surface area contributed by atoms with Gasteiger partial charge in [0.15, 0.2) is 0 Å². The first-order valence-electron chi connectivity index (χ1n) is 2.64. The maximum Gasteiger partial charge on any atom is 0.269 e. The van der Waals surface area contributed by atoms with E-state index in [1.54, 1.807) is 6.26 Å². The Kier molecular flexibility index (Phi) is 3.64. The van der Waals surface area contributed by atoms with Gasteiger partial charge in [-0.05, 0) is 13.2 Å². The molecule has 6 heteroatoms. The van der Waals surface area contributed by atoms with Gasteiger partial charge in [-0.25, -0.2) is 0 Å². The lowest BCUT2D eigenvalue weighted by molar-refractivity contribution is 0.468.